The minimum atomic E-state index is -0.222. The lowest BCUT2D eigenvalue weighted by Crippen LogP contribution is -2.36. The summed E-state index contributed by atoms with van der Waals surface area (Å²) in [7, 11) is 1.56. The Kier molecular flexibility index (Phi) is 6.11. The molecule has 0 unspecified atom stereocenters. The van der Waals surface area contributed by atoms with Crippen molar-refractivity contribution in [3.05, 3.63) is 64.2 Å². The Morgan fingerprint density at radius 2 is 2.03 bits per heavy atom. The van der Waals surface area contributed by atoms with E-state index in [2.05, 4.69) is 9.97 Å². The number of rotatable bonds is 6. The van der Waals surface area contributed by atoms with Gasteiger partial charge in [-0.2, -0.15) is 0 Å². The molecule has 0 saturated heterocycles. The molecule has 1 aromatic heterocycles. The third-order valence-corrected chi connectivity index (χ3v) is 5.16. The number of nitrogens with one attached hydrogen (secondary N) is 1. The number of hydrogen-bond acceptors (Lipinski definition) is 6. The van der Waals surface area contributed by atoms with Crippen LogP contribution in [0.5, 0.6) is 17.2 Å². The number of amides is 1. The van der Waals surface area contributed by atoms with Gasteiger partial charge < -0.3 is 24.1 Å². The average molecular weight is 435 g/mol. The molecule has 0 bridgehead atoms. The molecular weight excluding hydrogens is 410 g/mol. The molecule has 1 N–H and O–H groups in total. The zero-order valence-electron chi connectivity index (χ0n) is 18.3. The number of nitrogens with zero attached hydrogens (tertiary/aromatic N) is 2. The Hall–Kier alpha value is -3.81. The predicted octanol–water partition coefficient (Wildman–Crippen LogP) is 3.15. The molecule has 0 fully saturated rings. The molecule has 2 heterocycles. The van der Waals surface area contributed by atoms with Crippen LogP contribution in [0.1, 0.15) is 25.2 Å². The van der Waals surface area contributed by atoms with E-state index in [0.717, 1.165) is 5.56 Å². The first-order valence-electron chi connectivity index (χ1n) is 10.4. The minimum absolute atomic E-state index is 0.0984. The lowest BCUT2D eigenvalue weighted by Gasteiger charge is -2.25. The molecule has 0 radical (unpaired) electrons. The predicted molar refractivity (Wildman–Crippen MR) is 121 cm³/mol. The Morgan fingerprint density at radius 3 is 2.81 bits per heavy atom. The van der Waals surface area contributed by atoms with Gasteiger partial charge in [-0.1, -0.05) is 12.1 Å². The lowest BCUT2D eigenvalue weighted by atomic mass is 10.1. The second-order valence-corrected chi connectivity index (χ2v) is 7.67. The molecule has 166 valence electrons. The molecule has 1 amide bonds. The van der Waals surface area contributed by atoms with Gasteiger partial charge in [0.05, 0.1) is 24.6 Å². The summed E-state index contributed by atoms with van der Waals surface area (Å²) in [5.74, 6) is 1.93. The standard InChI is InChI=1S/C24H25N3O5/c1-15(2)27(14-21-25-18-7-5-4-6-17(18)24(29)26-21)22(28)9-8-16-12-19(30-3)23-20(13-16)31-10-11-32-23/h4-9,12-13,15H,10-11,14H2,1-3H3,(H,25,26,29). The van der Waals surface area contributed by atoms with Crippen LogP contribution in [0.2, 0.25) is 0 Å². The third kappa shape index (κ3) is 4.44. The molecule has 0 aliphatic carbocycles. The third-order valence-electron chi connectivity index (χ3n) is 5.16. The van der Waals surface area contributed by atoms with Gasteiger partial charge in [0.25, 0.3) is 5.56 Å². The first-order chi connectivity index (χ1) is 15.5. The Labute approximate surface area is 185 Å². The monoisotopic (exact) mass is 435 g/mol. The van der Waals surface area contributed by atoms with E-state index in [4.69, 9.17) is 14.2 Å². The molecule has 8 heteroatoms. The second-order valence-electron chi connectivity index (χ2n) is 7.67. The van der Waals surface area contributed by atoms with Crippen LogP contribution in [0.4, 0.5) is 0 Å². The maximum atomic E-state index is 13.0. The quantitative estimate of drug-likeness (QED) is 0.598. The van der Waals surface area contributed by atoms with E-state index in [-0.39, 0.29) is 24.1 Å². The van der Waals surface area contributed by atoms with Crippen molar-refractivity contribution >= 4 is 22.9 Å². The van der Waals surface area contributed by atoms with Crippen LogP contribution < -0.4 is 19.8 Å². The van der Waals surface area contributed by atoms with Crippen LogP contribution >= 0.6 is 0 Å². The summed E-state index contributed by atoms with van der Waals surface area (Å²) in [5, 5.41) is 0.520. The first-order valence-corrected chi connectivity index (χ1v) is 10.4. The Bertz CT molecular complexity index is 1210. The molecule has 4 rings (SSSR count). The molecule has 0 atom stereocenters. The number of benzene rings is 2. The summed E-state index contributed by atoms with van der Waals surface area (Å²) in [6.07, 6.45) is 3.19. The van der Waals surface area contributed by atoms with Crippen molar-refractivity contribution in [3.8, 4) is 17.2 Å². The van der Waals surface area contributed by atoms with Gasteiger partial charge in [-0.3, -0.25) is 9.59 Å². The van der Waals surface area contributed by atoms with Gasteiger partial charge in [0.15, 0.2) is 11.5 Å². The molecule has 1 aliphatic heterocycles. The van der Waals surface area contributed by atoms with Crippen LogP contribution in [0.15, 0.2) is 47.3 Å². The maximum absolute atomic E-state index is 13.0. The molecular formula is C24H25N3O5. The van der Waals surface area contributed by atoms with Crippen LogP contribution in [0.3, 0.4) is 0 Å². The van der Waals surface area contributed by atoms with E-state index in [9.17, 15) is 9.59 Å². The number of methoxy groups -OCH3 is 1. The van der Waals surface area contributed by atoms with E-state index >= 15 is 0 Å². The minimum Gasteiger partial charge on any atom is -0.493 e. The van der Waals surface area contributed by atoms with Crippen molar-refractivity contribution in [1.82, 2.24) is 14.9 Å². The lowest BCUT2D eigenvalue weighted by molar-refractivity contribution is -0.128. The first kappa shape index (κ1) is 21.4. The molecule has 0 saturated carbocycles. The van der Waals surface area contributed by atoms with E-state index in [1.54, 1.807) is 42.4 Å². The summed E-state index contributed by atoms with van der Waals surface area (Å²) in [6, 6.07) is 10.6. The summed E-state index contributed by atoms with van der Waals surface area (Å²) in [6.45, 7) is 4.94. The van der Waals surface area contributed by atoms with Gasteiger partial charge in [0.2, 0.25) is 11.7 Å². The number of carbonyl (C=O) groups is 1. The Balaban J connectivity index is 1.57. The molecule has 2 aromatic carbocycles. The molecule has 0 spiro atoms. The van der Waals surface area contributed by atoms with Gasteiger partial charge in [-0.25, -0.2) is 4.98 Å². The smallest absolute Gasteiger partial charge is 0.258 e. The van der Waals surface area contributed by atoms with Crippen LogP contribution in [-0.4, -0.2) is 47.1 Å². The molecule has 32 heavy (non-hydrogen) atoms. The highest BCUT2D eigenvalue weighted by molar-refractivity contribution is 5.92. The highest BCUT2D eigenvalue weighted by atomic mass is 16.6. The fourth-order valence-corrected chi connectivity index (χ4v) is 3.54. The second kappa shape index (κ2) is 9.13. The summed E-state index contributed by atoms with van der Waals surface area (Å²) in [5.41, 5.74) is 1.13. The summed E-state index contributed by atoms with van der Waals surface area (Å²) < 4.78 is 16.7. The number of carbonyl (C=O) groups excluding carboxylic acids is 1. The summed E-state index contributed by atoms with van der Waals surface area (Å²) in [4.78, 5) is 34.3. The summed E-state index contributed by atoms with van der Waals surface area (Å²) >= 11 is 0. The number of aromatic nitrogens is 2. The van der Waals surface area contributed by atoms with E-state index in [1.165, 1.54) is 6.08 Å². The highest BCUT2D eigenvalue weighted by Gasteiger charge is 2.19. The van der Waals surface area contributed by atoms with Crippen molar-refractivity contribution in [2.24, 2.45) is 0 Å². The largest absolute Gasteiger partial charge is 0.493 e. The number of para-hydroxylation sites is 1. The normalized spacial score (nSPS) is 13.0. The molecule has 8 nitrogen and oxygen atoms in total. The zero-order valence-corrected chi connectivity index (χ0v) is 18.3. The number of hydrogen-bond donors (Lipinski definition) is 1. The molecule has 3 aromatic rings. The van der Waals surface area contributed by atoms with E-state index < -0.39 is 0 Å². The maximum Gasteiger partial charge on any atom is 0.258 e. The number of H-pyrrole nitrogens is 1. The molecule has 1 aliphatic rings. The SMILES string of the molecule is COc1cc(C=CC(=O)N(Cc2nc3ccccc3c(=O)[nH]2)C(C)C)cc2c1OCCO2. The zero-order chi connectivity index (χ0) is 22.7. The Morgan fingerprint density at radius 1 is 1.25 bits per heavy atom. The van der Waals surface area contributed by atoms with Crippen LogP contribution in [-0.2, 0) is 11.3 Å². The van der Waals surface area contributed by atoms with Crippen LogP contribution in [0.25, 0.3) is 17.0 Å². The number of ether oxygens (including phenoxy) is 3. The van der Waals surface area contributed by atoms with Crippen molar-refractivity contribution in [1.29, 1.82) is 0 Å². The van der Waals surface area contributed by atoms with Gasteiger partial charge in [0, 0.05) is 12.1 Å². The van der Waals surface area contributed by atoms with Gasteiger partial charge in [-0.05, 0) is 49.8 Å². The van der Waals surface area contributed by atoms with Crippen molar-refractivity contribution < 1.29 is 19.0 Å². The average Bonchev–Trinajstić information content (AvgIpc) is 2.80. The van der Waals surface area contributed by atoms with E-state index in [0.29, 0.717) is 47.2 Å². The van der Waals surface area contributed by atoms with Crippen molar-refractivity contribution in [3.63, 3.8) is 0 Å². The fourth-order valence-electron chi connectivity index (χ4n) is 3.54. The topological polar surface area (TPSA) is 93.8 Å². The van der Waals surface area contributed by atoms with Gasteiger partial charge in [-0.15, -0.1) is 0 Å². The highest BCUT2D eigenvalue weighted by Crippen LogP contribution is 2.40. The van der Waals surface area contributed by atoms with Crippen molar-refractivity contribution in [2.45, 2.75) is 26.4 Å². The number of fused-ring (bicyclic) bond motifs is 2. The van der Waals surface area contributed by atoms with Gasteiger partial charge in [0.1, 0.15) is 19.0 Å². The fraction of sp³-hybridized carbons (Fsp3) is 0.292. The number of aromatic amines is 1. The van der Waals surface area contributed by atoms with Gasteiger partial charge >= 0.3 is 0 Å². The van der Waals surface area contributed by atoms with E-state index in [1.807, 2.05) is 26.0 Å². The van der Waals surface area contributed by atoms with Crippen molar-refractivity contribution in [2.75, 3.05) is 20.3 Å². The van der Waals surface area contributed by atoms with Crippen LogP contribution in [0, 0.1) is 0 Å².